The van der Waals surface area contributed by atoms with Crippen LogP contribution in [0.25, 0.3) is 0 Å². The molecular formula is C23H31N3O2S. The van der Waals surface area contributed by atoms with Crippen LogP contribution in [0.4, 0.5) is 5.69 Å². The lowest BCUT2D eigenvalue weighted by Gasteiger charge is -2.15. The van der Waals surface area contributed by atoms with Crippen LogP contribution < -0.4 is 14.2 Å². The van der Waals surface area contributed by atoms with Gasteiger partial charge in [-0.25, -0.2) is 4.98 Å². The first-order chi connectivity index (χ1) is 14.2. The summed E-state index contributed by atoms with van der Waals surface area (Å²) < 4.78 is 15.1. The van der Waals surface area contributed by atoms with Crippen LogP contribution in [0.3, 0.4) is 0 Å². The van der Waals surface area contributed by atoms with Crippen molar-refractivity contribution >= 4 is 17.6 Å². The quantitative estimate of drug-likeness (QED) is 0.648. The summed E-state index contributed by atoms with van der Waals surface area (Å²) in [7, 11) is 1.69. The predicted molar refractivity (Wildman–Crippen MR) is 119 cm³/mol. The lowest BCUT2D eigenvalue weighted by Crippen LogP contribution is -2.25. The highest BCUT2D eigenvalue weighted by atomic mass is 32.2. The van der Waals surface area contributed by atoms with Gasteiger partial charge in [-0.1, -0.05) is 6.92 Å². The van der Waals surface area contributed by atoms with E-state index in [1.807, 2.05) is 0 Å². The van der Waals surface area contributed by atoms with E-state index in [2.05, 4.69) is 46.9 Å². The third kappa shape index (κ3) is 5.17. The fourth-order valence-corrected chi connectivity index (χ4v) is 4.75. The average Bonchev–Trinajstić information content (AvgIpc) is 3.18. The Hall–Kier alpha value is -1.92. The van der Waals surface area contributed by atoms with Gasteiger partial charge in [0.05, 0.1) is 13.2 Å². The predicted octanol–water partition coefficient (Wildman–Crippen LogP) is 4.95. The van der Waals surface area contributed by atoms with Gasteiger partial charge in [0.1, 0.15) is 11.4 Å². The number of rotatable bonds is 7. The molecule has 29 heavy (non-hydrogen) atoms. The summed E-state index contributed by atoms with van der Waals surface area (Å²) in [6.07, 6.45) is 7.34. The Morgan fingerprint density at radius 1 is 1.14 bits per heavy atom. The normalized spacial score (nSPS) is 17.6. The van der Waals surface area contributed by atoms with E-state index in [0.29, 0.717) is 12.0 Å². The molecule has 0 saturated heterocycles. The fourth-order valence-electron chi connectivity index (χ4n) is 4.10. The molecule has 1 fully saturated rings. The number of anilines is 1. The minimum absolute atomic E-state index is 0.394. The summed E-state index contributed by atoms with van der Waals surface area (Å²) in [5.41, 5.74) is 3.43. The standard InChI is InChI=1S/C23H31N3O2S/c1-3-26-14-12-17-16-22(23(27-2)24-21(17)13-15-26)25-29-20-10-8-19(9-11-20)28-18-6-4-5-7-18/h8-11,16,18,25H,3-7,12-15H2,1-2H3. The van der Waals surface area contributed by atoms with E-state index in [4.69, 9.17) is 14.5 Å². The zero-order valence-electron chi connectivity index (χ0n) is 17.4. The first kappa shape index (κ1) is 20.4. The van der Waals surface area contributed by atoms with Crippen molar-refractivity contribution in [2.24, 2.45) is 0 Å². The Balaban J connectivity index is 1.40. The largest absolute Gasteiger partial charge is 0.490 e. The van der Waals surface area contributed by atoms with Crippen LogP contribution in [0.2, 0.25) is 0 Å². The van der Waals surface area contributed by atoms with E-state index in [1.165, 1.54) is 36.9 Å². The van der Waals surface area contributed by atoms with E-state index in [9.17, 15) is 0 Å². The Kier molecular flexibility index (Phi) is 6.82. The molecule has 1 aliphatic heterocycles. The molecule has 1 aromatic heterocycles. The molecule has 6 heteroatoms. The summed E-state index contributed by atoms with van der Waals surface area (Å²) in [6, 6.07) is 10.5. The van der Waals surface area contributed by atoms with Gasteiger partial charge in [-0.3, -0.25) is 0 Å². The molecule has 4 rings (SSSR count). The van der Waals surface area contributed by atoms with Gasteiger partial charge >= 0.3 is 0 Å². The number of nitrogens with zero attached hydrogens (tertiary/aromatic N) is 2. The van der Waals surface area contributed by atoms with Gasteiger partial charge in [-0.2, -0.15) is 0 Å². The van der Waals surface area contributed by atoms with Crippen molar-refractivity contribution < 1.29 is 9.47 Å². The number of hydrogen-bond acceptors (Lipinski definition) is 6. The highest BCUT2D eigenvalue weighted by Crippen LogP contribution is 2.32. The highest BCUT2D eigenvalue weighted by Gasteiger charge is 2.18. The van der Waals surface area contributed by atoms with Gasteiger partial charge < -0.3 is 19.1 Å². The van der Waals surface area contributed by atoms with Gasteiger partial charge in [-0.05, 0) is 86.5 Å². The van der Waals surface area contributed by atoms with Crippen molar-refractivity contribution in [3.8, 4) is 11.6 Å². The molecule has 2 heterocycles. The molecule has 2 aliphatic rings. The van der Waals surface area contributed by atoms with Crippen LogP contribution in [0.5, 0.6) is 11.6 Å². The van der Waals surface area contributed by atoms with Gasteiger partial charge in [0, 0.05) is 30.1 Å². The van der Waals surface area contributed by atoms with Crippen molar-refractivity contribution in [3.63, 3.8) is 0 Å². The number of nitrogens with one attached hydrogen (secondary N) is 1. The van der Waals surface area contributed by atoms with Crippen LogP contribution in [0.15, 0.2) is 35.2 Å². The van der Waals surface area contributed by atoms with Crippen molar-refractivity contribution in [1.29, 1.82) is 0 Å². The molecule has 5 nitrogen and oxygen atoms in total. The van der Waals surface area contributed by atoms with Gasteiger partial charge in [0.25, 0.3) is 0 Å². The molecule has 2 aromatic rings. The topological polar surface area (TPSA) is 46.6 Å². The molecule has 1 aliphatic carbocycles. The second-order valence-corrected chi connectivity index (χ2v) is 8.66. The Morgan fingerprint density at radius 3 is 2.62 bits per heavy atom. The monoisotopic (exact) mass is 413 g/mol. The van der Waals surface area contributed by atoms with Gasteiger partial charge in [0.15, 0.2) is 0 Å². The summed E-state index contributed by atoms with van der Waals surface area (Å²) in [6.45, 7) is 5.47. The highest BCUT2D eigenvalue weighted by molar-refractivity contribution is 8.00. The number of hydrogen-bond donors (Lipinski definition) is 1. The maximum Gasteiger partial charge on any atom is 0.238 e. The van der Waals surface area contributed by atoms with Crippen LogP contribution in [-0.4, -0.2) is 42.7 Å². The summed E-state index contributed by atoms with van der Waals surface area (Å²) in [4.78, 5) is 8.41. The fraction of sp³-hybridized carbons (Fsp3) is 0.522. The molecular weight excluding hydrogens is 382 g/mol. The van der Waals surface area contributed by atoms with Crippen LogP contribution in [-0.2, 0) is 12.8 Å². The van der Waals surface area contributed by atoms with Gasteiger partial charge in [-0.15, -0.1) is 0 Å². The lowest BCUT2D eigenvalue weighted by atomic mass is 10.1. The number of aromatic nitrogens is 1. The Morgan fingerprint density at radius 2 is 1.90 bits per heavy atom. The number of pyridine rings is 1. The van der Waals surface area contributed by atoms with Crippen LogP contribution >= 0.6 is 11.9 Å². The molecule has 1 aromatic carbocycles. The van der Waals surface area contributed by atoms with E-state index < -0.39 is 0 Å². The molecule has 0 bridgehead atoms. The number of likely N-dealkylation sites (N-methyl/N-ethyl adjacent to an activating group) is 1. The zero-order chi connectivity index (χ0) is 20.1. The van der Waals surface area contributed by atoms with E-state index >= 15 is 0 Å². The minimum Gasteiger partial charge on any atom is -0.490 e. The first-order valence-corrected chi connectivity index (χ1v) is 11.6. The minimum atomic E-state index is 0.394. The second-order valence-electron chi connectivity index (χ2n) is 7.79. The Labute approximate surface area is 178 Å². The van der Waals surface area contributed by atoms with E-state index in [1.54, 1.807) is 19.1 Å². The number of fused-ring (bicyclic) bond motifs is 1. The lowest BCUT2D eigenvalue weighted by molar-refractivity contribution is 0.210. The van der Waals surface area contributed by atoms with Crippen molar-refractivity contribution in [3.05, 3.63) is 41.6 Å². The molecule has 0 radical (unpaired) electrons. The number of benzene rings is 1. The zero-order valence-corrected chi connectivity index (χ0v) is 18.3. The molecule has 156 valence electrons. The van der Waals surface area contributed by atoms with Crippen molar-refractivity contribution in [2.45, 2.75) is 56.4 Å². The molecule has 0 unspecified atom stereocenters. The Bertz CT molecular complexity index is 807. The molecule has 0 atom stereocenters. The third-order valence-corrected chi connectivity index (χ3v) is 6.70. The SMILES string of the molecule is CCN1CCc2cc(NSc3ccc(OC4CCCC4)cc3)c(OC)nc2CC1. The second kappa shape index (κ2) is 9.72. The van der Waals surface area contributed by atoms with E-state index in [0.717, 1.165) is 48.8 Å². The van der Waals surface area contributed by atoms with Crippen LogP contribution in [0.1, 0.15) is 43.9 Å². The maximum absolute atomic E-state index is 6.06. The summed E-state index contributed by atoms with van der Waals surface area (Å²) in [5.74, 6) is 1.63. The summed E-state index contributed by atoms with van der Waals surface area (Å²) >= 11 is 1.58. The molecule has 0 spiro atoms. The van der Waals surface area contributed by atoms with Gasteiger partial charge in [0.2, 0.25) is 5.88 Å². The summed E-state index contributed by atoms with van der Waals surface area (Å²) in [5, 5.41) is 0. The molecule has 1 saturated carbocycles. The number of methoxy groups -OCH3 is 1. The molecule has 0 amide bonds. The third-order valence-electron chi connectivity index (χ3n) is 5.87. The average molecular weight is 414 g/mol. The van der Waals surface area contributed by atoms with E-state index in [-0.39, 0.29) is 0 Å². The van der Waals surface area contributed by atoms with Crippen LogP contribution in [0, 0.1) is 0 Å². The maximum atomic E-state index is 6.06. The smallest absolute Gasteiger partial charge is 0.238 e. The first-order valence-electron chi connectivity index (χ1n) is 10.7. The van der Waals surface area contributed by atoms with Crippen molar-refractivity contribution in [1.82, 2.24) is 9.88 Å². The van der Waals surface area contributed by atoms with Crippen molar-refractivity contribution in [2.75, 3.05) is 31.5 Å². The number of ether oxygens (including phenoxy) is 2. The molecule has 1 N–H and O–H groups in total.